The summed E-state index contributed by atoms with van der Waals surface area (Å²) in [6.07, 6.45) is 8.08. The highest BCUT2D eigenvalue weighted by atomic mass is 32.2. The lowest BCUT2D eigenvalue weighted by molar-refractivity contribution is -0.674. The number of carbonyl (C=O) groups excluding carboxylic acids is 2. The van der Waals surface area contributed by atoms with Crippen LogP contribution in [-0.2, 0) is 32.7 Å². The van der Waals surface area contributed by atoms with E-state index in [1.54, 1.807) is 32.0 Å². The molecule has 0 unspecified atom stereocenters. The van der Waals surface area contributed by atoms with Gasteiger partial charge in [0.15, 0.2) is 11.0 Å². The molecule has 0 saturated carbocycles. The Morgan fingerprint density at radius 2 is 1.54 bits per heavy atom. The third-order valence-corrected chi connectivity index (χ3v) is 8.67. The van der Waals surface area contributed by atoms with Crippen LogP contribution in [0.5, 0.6) is 0 Å². The fourth-order valence-corrected chi connectivity index (χ4v) is 6.32. The second kappa shape index (κ2) is 15.4. The SMILES string of the molecule is CCCC[n+]1c(/C=C/C=C2\N(CC)c3ccc(C(=O)OCC)cc3N2CCCS(=O)(=O)[O-])n(CC)c2cc(C(=O)OCC)ccc21. The van der Waals surface area contributed by atoms with E-state index in [0.29, 0.717) is 30.8 Å². The maximum Gasteiger partial charge on any atom is 0.338 e. The van der Waals surface area contributed by atoms with Gasteiger partial charge in [-0.15, -0.1) is 0 Å². The molecule has 248 valence electrons. The first kappa shape index (κ1) is 34.7. The van der Waals surface area contributed by atoms with Gasteiger partial charge in [-0.1, -0.05) is 19.4 Å². The van der Waals surface area contributed by atoms with E-state index in [1.807, 2.05) is 48.3 Å². The van der Waals surface area contributed by atoms with Gasteiger partial charge in [0.2, 0.25) is 0 Å². The summed E-state index contributed by atoms with van der Waals surface area (Å²) in [6, 6.07) is 11.0. The van der Waals surface area contributed by atoms with Crippen LogP contribution in [0.15, 0.2) is 54.4 Å². The first-order valence-electron chi connectivity index (χ1n) is 16.0. The molecule has 2 heterocycles. The number of benzene rings is 2. The molecule has 12 heteroatoms. The molecule has 0 saturated heterocycles. The number of aromatic nitrogens is 2. The van der Waals surface area contributed by atoms with Gasteiger partial charge in [0.25, 0.3) is 5.82 Å². The van der Waals surface area contributed by atoms with Gasteiger partial charge in [0, 0.05) is 31.0 Å². The molecular formula is C34H44N4O7S. The molecule has 1 aromatic heterocycles. The van der Waals surface area contributed by atoms with Crippen molar-refractivity contribution in [2.75, 3.05) is 41.9 Å². The van der Waals surface area contributed by atoms with Crippen LogP contribution in [0.3, 0.4) is 0 Å². The van der Waals surface area contributed by atoms with Crippen molar-refractivity contribution >= 4 is 50.5 Å². The topological polar surface area (TPSA) is 125 Å². The van der Waals surface area contributed by atoms with Gasteiger partial charge in [0.05, 0.1) is 58.9 Å². The maximum absolute atomic E-state index is 12.6. The number of rotatable bonds is 15. The number of aryl methyl sites for hydroxylation is 2. The molecule has 4 rings (SSSR count). The highest BCUT2D eigenvalue weighted by Crippen LogP contribution is 2.42. The third kappa shape index (κ3) is 7.61. The molecule has 0 N–H and O–H groups in total. The van der Waals surface area contributed by atoms with E-state index < -0.39 is 21.8 Å². The average molecular weight is 653 g/mol. The number of hydrogen-bond donors (Lipinski definition) is 0. The number of esters is 2. The van der Waals surface area contributed by atoms with Gasteiger partial charge in [-0.2, -0.15) is 0 Å². The monoisotopic (exact) mass is 652 g/mol. The lowest BCUT2D eigenvalue weighted by Gasteiger charge is -2.24. The van der Waals surface area contributed by atoms with Crippen LogP contribution >= 0.6 is 0 Å². The zero-order valence-electron chi connectivity index (χ0n) is 27.3. The van der Waals surface area contributed by atoms with Crippen molar-refractivity contribution in [3.8, 4) is 0 Å². The Balaban J connectivity index is 1.80. The van der Waals surface area contributed by atoms with Crippen molar-refractivity contribution in [1.82, 2.24) is 4.57 Å². The van der Waals surface area contributed by atoms with E-state index >= 15 is 0 Å². The van der Waals surface area contributed by atoms with E-state index in [0.717, 1.165) is 53.4 Å². The van der Waals surface area contributed by atoms with Gasteiger partial charge in [-0.05, 0) is 76.9 Å². The Hall–Kier alpha value is -4.16. The van der Waals surface area contributed by atoms with Crippen molar-refractivity contribution in [1.29, 1.82) is 0 Å². The summed E-state index contributed by atoms with van der Waals surface area (Å²) in [5.74, 6) is 0.473. The molecule has 2 aromatic carbocycles. The van der Waals surface area contributed by atoms with Crippen LogP contribution in [-0.4, -0.2) is 61.5 Å². The quantitative estimate of drug-likeness (QED) is 0.123. The van der Waals surface area contributed by atoms with Crippen LogP contribution < -0.4 is 14.4 Å². The number of nitrogens with zero attached hydrogens (tertiary/aromatic N) is 4. The van der Waals surface area contributed by atoms with Crippen LogP contribution in [0.4, 0.5) is 11.4 Å². The summed E-state index contributed by atoms with van der Waals surface area (Å²) in [5.41, 5.74) is 4.45. The lowest BCUT2D eigenvalue weighted by Crippen LogP contribution is -2.36. The normalized spacial score (nSPS) is 14.1. The molecule has 0 amide bonds. The second-order valence-corrected chi connectivity index (χ2v) is 12.4. The number of allylic oxidation sites excluding steroid dienone is 2. The smallest absolute Gasteiger partial charge is 0.338 e. The van der Waals surface area contributed by atoms with Crippen molar-refractivity contribution in [3.63, 3.8) is 0 Å². The molecule has 0 radical (unpaired) electrons. The highest BCUT2D eigenvalue weighted by molar-refractivity contribution is 7.85. The first-order valence-corrected chi connectivity index (χ1v) is 17.6. The number of carbonyl (C=O) groups is 2. The fraction of sp³-hybridized carbons (Fsp3) is 0.441. The van der Waals surface area contributed by atoms with Gasteiger partial charge in [-0.25, -0.2) is 27.1 Å². The van der Waals surface area contributed by atoms with Crippen LogP contribution in [0, 0.1) is 0 Å². The predicted octanol–water partition coefficient (Wildman–Crippen LogP) is 5.24. The summed E-state index contributed by atoms with van der Waals surface area (Å²) in [5, 5.41) is 0. The van der Waals surface area contributed by atoms with Crippen LogP contribution in [0.2, 0.25) is 0 Å². The predicted molar refractivity (Wildman–Crippen MR) is 178 cm³/mol. The third-order valence-electron chi connectivity index (χ3n) is 7.88. The molecular weight excluding hydrogens is 608 g/mol. The summed E-state index contributed by atoms with van der Waals surface area (Å²) in [7, 11) is -4.39. The van der Waals surface area contributed by atoms with E-state index in [2.05, 4.69) is 27.9 Å². The van der Waals surface area contributed by atoms with Crippen molar-refractivity contribution < 1.29 is 36.6 Å². The molecule has 0 spiro atoms. The van der Waals surface area contributed by atoms with Gasteiger partial charge < -0.3 is 23.8 Å². The molecule has 0 bridgehead atoms. The minimum atomic E-state index is -4.39. The van der Waals surface area contributed by atoms with Crippen LogP contribution in [0.25, 0.3) is 17.1 Å². The van der Waals surface area contributed by atoms with Crippen LogP contribution in [0.1, 0.15) is 80.4 Å². The number of fused-ring (bicyclic) bond motifs is 2. The Bertz CT molecular complexity index is 1740. The minimum Gasteiger partial charge on any atom is -0.748 e. The number of unbranched alkanes of at least 4 members (excludes halogenated alkanes) is 1. The van der Waals surface area contributed by atoms with E-state index in [9.17, 15) is 22.6 Å². The zero-order valence-corrected chi connectivity index (χ0v) is 28.1. The summed E-state index contributed by atoms with van der Waals surface area (Å²) < 4.78 is 49.2. The fourth-order valence-electron chi connectivity index (χ4n) is 5.83. The lowest BCUT2D eigenvalue weighted by atomic mass is 10.1. The molecule has 46 heavy (non-hydrogen) atoms. The van der Waals surface area contributed by atoms with Gasteiger partial charge >= 0.3 is 11.9 Å². The Morgan fingerprint density at radius 1 is 0.870 bits per heavy atom. The van der Waals surface area contributed by atoms with Crippen molar-refractivity contribution in [2.24, 2.45) is 0 Å². The number of ether oxygens (including phenoxy) is 2. The first-order chi connectivity index (χ1) is 22.1. The maximum atomic E-state index is 12.6. The Labute approximate surface area is 271 Å². The van der Waals surface area contributed by atoms with E-state index in [-0.39, 0.29) is 25.5 Å². The Morgan fingerprint density at radius 3 is 2.15 bits per heavy atom. The number of hydrogen-bond acceptors (Lipinski definition) is 9. The molecule has 1 aliphatic rings. The zero-order chi connectivity index (χ0) is 33.4. The summed E-state index contributed by atoms with van der Waals surface area (Å²) in [6.45, 7) is 12.7. The largest absolute Gasteiger partial charge is 0.748 e. The molecule has 0 atom stereocenters. The molecule has 0 aliphatic carbocycles. The number of imidazole rings is 1. The average Bonchev–Trinajstić information content (AvgIpc) is 3.49. The summed E-state index contributed by atoms with van der Waals surface area (Å²) >= 11 is 0. The number of anilines is 2. The van der Waals surface area contributed by atoms with Gasteiger partial charge in [0.1, 0.15) is 5.82 Å². The minimum absolute atomic E-state index is 0.122. The molecule has 1 aliphatic heterocycles. The standard InChI is InChI=1S/C34H44N4O7S/c1-6-11-20-37-28-19-17-25(33(39)44-9-4)23-29(28)36(8-3)32(37)15-12-14-31-35(7-2)27-18-16-26(34(40)45-10-5)24-30(27)38(31)21-13-22-46(41,42)43/h12,14-19,23-24H,6-11,13,20-22H2,1-5H3. The highest BCUT2D eigenvalue weighted by Gasteiger charge is 2.31. The molecule has 3 aromatic rings. The van der Waals surface area contributed by atoms with Crippen molar-refractivity contribution in [2.45, 2.75) is 67.0 Å². The second-order valence-electron chi connectivity index (χ2n) is 10.9. The Kier molecular flexibility index (Phi) is 11.6. The molecule has 0 fully saturated rings. The van der Waals surface area contributed by atoms with E-state index in [1.165, 1.54) is 0 Å². The van der Waals surface area contributed by atoms with E-state index in [4.69, 9.17) is 9.47 Å². The van der Waals surface area contributed by atoms with Gasteiger partial charge in [-0.3, -0.25) is 0 Å². The molecule has 11 nitrogen and oxygen atoms in total. The summed E-state index contributed by atoms with van der Waals surface area (Å²) in [4.78, 5) is 29.1. The van der Waals surface area contributed by atoms with Crippen molar-refractivity contribution in [3.05, 3.63) is 71.3 Å².